The van der Waals surface area contributed by atoms with E-state index in [2.05, 4.69) is 60.3 Å². The van der Waals surface area contributed by atoms with E-state index in [1.54, 1.807) is 0 Å². The lowest BCUT2D eigenvalue weighted by Crippen LogP contribution is -2.36. The molecule has 0 bridgehead atoms. The average molecular weight is 358 g/mol. The first kappa shape index (κ1) is 20.5. The van der Waals surface area contributed by atoms with Crippen molar-refractivity contribution >= 4 is 5.91 Å². The molecule has 2 rings (SSSR count). The number of likely N-dealkylation sites (tertiary alicyclic amines) is 1. The Morgan fingerprint density at radius 3 is 1.92 bits per heavy atom. The van der Waals surface area contributed by atoms with E-state index in [1.807, 2.05) is 4.90 Å². The number of hydrogen-bond donors (Lipinski definition) is 1. The van der Waals surface area contributed by atoms with Gasteiger partial charge in [0.05, 0.1) is 0 Å². The number of amides is 1. The van der Waals surface area contributed by atoms with Gasteiger partial charge in [-0.1, -0.05) is 65.8 Å². The Morgan fingerprint density at radius 1 is 1.04 bits per heavy atom. The highest BCUT2D eigenvalue weighted by Gasteiger charge is 2.27. The van der Waals surface area contributed by atoms with Gasteiger partial charge in [0.25, 0.3) is 0 Å². The van der Waals surface area contributed by atoms with Crippen LogP contribution >= 0.6 is 0 Å². The summed E-state index contributed by atoms with van der Waals surface area (Å²) in [5.74, 6) is 0.620. The summed E-state index contributed by atoms with van der Waals surface area (Å²) in [6.45, 7) is 18.3. The minimum atomic E-state index is -0.142. The molecule has 0 spiro atoms. The van der Waals surface area contributed by atoms with Gasteiger partial charge >= 0.3 is 0 Å². The second-order valence-corrected chi connectivity index (χ2v) is 9.67. The van der Waals surface area contributed by atoms with Crippen molar-refractivity contribution in [2.75, 3.05) is 13.1 Å². The topological polar surface area (TPSA) is 40.5 Å². The number of aromatic hydroxyl groups is 1. The Balaban J connectivity index is 2.21. The average Bonchev–Trinajstić information content (AvgIpc) is 2.52. The SMILES string of the molecule is C=C1CCN(C(=O)CCc2cc(C(C)(C)C)c(O)c(C(C)(C)C)c2)CC1. The van der Waals surface area contributed by atoms with Crippen molar-refractivity contribution < 1.29 is 9.90 Å². The van der Waals surface area contributed by atoms with Gasteiger partial charge in [-0.05, 0) is 46.8 Å². The fraction of sp³-hybridized carbons (Fsp3) is 0.609. The summed E-state index contributed by atoms with van der Waals surface area (Å²) in [5, 5.41) is 10.8. The lowest BCUT2D eigenvalue weighted by molar-refractivity contribution is -0.131. The van der Waals surface area contributed by atoms with Gasteiger partial charge < -0.3 is 10.0 Å². The number of benzene rings is 1. The van der Waals surface area contributed by atoms with Crippen molar-refractivity contribution in [3.63, 3.8) is 0 Å². The monoisotopic (exact) mass is 357 g/mol. The Labute approximate surface area is 159 Å². The van der Waals surface area contributed by atoms with Gasteiger partial charge in [0.1, 0.15) is 5.75 Å². The van der Waals surface area contributed by atoms with Crippen LogP contribution in [0.15, 0.2) is 24.3 Å². The predicted octanol–water partition coefficient (Wildman–Crippen LogP) is 5.10. The summed E-state index contributed by atoms with van der Waals surface area (Å²) in [5.41, 5.74) is 4.02. The largest absolute Gasteiger partial charge is 0.507 e. The minimum Gasteiger partial charge on any atom is -0.507 e. The lowest BCUT2D eigenvalue weighted by Gasteiger charge is -2.29. The standard InChI is InChI=1S/C23H35NO2/c1-16-10-12-24(13-11-16)20(25)9-8-17-14-18(22(2,3)4)21(26)19(15-17)23(5,6)7/h14-15,26H,1,8-13H2,2-7H3. The number of aryl methyl sites for hydroxylation is 1. The lowest BCUT2D eigenvalue weighted by atomic mass is 9.78. The van der Waals surface area contributed by atoms with E-state index < -0.39 is 0 Å². The van der Waals surface area contributed by atoms with Crippen LogP contribution < -0.4 is 0 Å². The summed E-state index contributed by atoms with van der Waals surface area (Å²) in [7, 11) is 0. The summed E-state index contributed by atoms with van der Waals surface area (Å²) < 4.78 is 0. The number of phenolic OH excluding ortho intramolecular Hbond substituents is 1. The van der Waals surface area contributed by atoms with Crippen LogP contribution in [0.2, 0.25) is 0 Å². The molecule has 144 valence electrons. The number of rotatable bonds is 3. The Morgan fingerprint density at radius 2 is 1.50 bits per heavy atom. The van der Waals surface area contributed by atoms with E-state index in [4.69, 9.17) is 0 Å². The van der Waals surface area contributed by atoms with E-state index in [0.29, 0.717) is 18.6 Å². The van der Waals surface area contributed by atoms with Crippen LogP contribution in [0.4, 0.5) is 0 Å². The van der Waals surface area contributed by atoms with Crippen LogP contribution in [-0.2, 0) is 22.0 Å². The van der Waals surface area contributed by atoms with Crippen LogP contribution in [-0.4, -0.2) is 29.0 Å². The van der Waals surface area contributed by atoms with E-state index in [-0.39, 0.29) is 16.7 Å². The van der Waals surface area contributed by atoms with Gasteiger partial charge in [-0.25, -0.2) is 0 Å². The minimum absolute atomic E-state index is 0.142. The van der Waals surface area contributed by atoms with Crippen LogP contribution in [0, 0.1) is 0 Å². The zero-order valence-corrected chi connectivity index (χ0v) is 17.4. The van der Waals surface area contributed by atoms with Gasteiger partial charge in [-0.15, -0.1) is 0 Å². The maximum absolute atomic E-state index is 12.6. The molecule has 0 saturated carbocycles. The molecule has 0 unspecified atom stereocenters. The third-order valence-electron chi connectivity index (χ3n) is 5.24. The third kappa shape index (κ3) is 4.90. The van der Waals surface area contributed by atoms with Gasteiger partial charge in [0.15, 0.2) is 0 Å². The quantitative estimate of drug-likeness (QED) is 0.765. The highest BCUT2D eigenvalue weighted by Crippen LogP contribution is 2.40. The second-order valence-electron chi connectivity index (χ2n) is 9.67. The van der Waals surface area contributed by atoms with E-state index in [9.17, 15) is 9.90 Å². The molecule has 1 amide bonds. The Kier molecular flexibility index (Phi) is 5.89. The van der Waals surface area contributed by atoms with Crippen molar-refractivity contribution in [1.29, 1.82) is 0 Å². The van der Waals surface area contributed by atoms with Crippen LogP contribution in [0.5, 0.6) is 5.75 Å². The highest BCUT2D eigenvalue weighted by molar-refractivity contribution is 5.76. The molecule has 0 atom stereocenters. The molecule has 1 N–H and O–H groups in total. The van der Waals surface area contributed by atoms with Gasteiger partial charge in [0, 0.05) is 19.5 Å². The van der Waals surface area contributed by atoms with E-state index in [1.165, 1.54) is 5.57 Å². The highest BCUT2D eigenvalue weighted by atomic mass is 16.3. The molecule has 1 saturated heterocycles. The summed E-state index contributed by atoms with van der Waals surface area (Å²) in [6.07, 6.45) is 3.08. The first-order chi connectivity index (χ1) is 11.9. The number of phenols is 1. The van der Waals surface area contributed by atoms with Crippen LogP contribution in [0.3, 0.4) is 0 Å². The number of carbonyl (C=O) groups excluding carboxylic acids is 1. The smallest absolute Gasteiger partial charge is 0.222 e. The Hall–Kier alpha value is -1.77. The zero-order valence-electron chi connectivity index (χ0n) is 17.4. The Bertz CT molecular complexity index is 644. The normalized spacial score (nSPS) is 16.1. The maximum atomic E-state index is 12.6. The summed E-state index contributed by atoms with van der Waals surface area (Å²) in [6, 6.07) is 4.16. The van der Waals surface area contributed by atoms with Crippen molar-refractivity contribution in [3.8, 4) is 5.75 Å². The fourth-order valence-corrected chi connectivity index (χ4v) is 3.46. The zero-order chi connectivity index (χ0) is 19.7. The molecule has 1 aromatic rings. The van der Waals surface area contributed by atoms with Gasteiger partial charge in [-0.2, -0.15) is 0 Å². The number of nitrogens with zero attached hydrogens (tertiary/aromatic N) is 1. The molecular weight excluding hydrogens is 322 g/mol. The number of carbonyl (C=O) groups is 1. The summed E-state index contributed by atoms with van der Waals surface area (Å²) >= 11 is 0. The van der Waals surface area contributed by atoms with E-state index >= 15 is 0 Å². The predicted molar refractivity (Wildman–Crippen MR) is 109 cm³/mol. The third-order valence-corrected chi connectivity index (χ3v) is 5.24. The fourth-order valence-electron chi connectivity index (χ4n) is 3.46. The molecule has 1 heterocycles. The van der Waals surface area contributed by atoms with Crippen LogP contribution in [0.1, 0.15) is 77.5 Å². The first-order valence-corrected chi connectivity index (χ1v) is 9.71. The van der Waals surface area contributed by atoms with Crippen molar-refractivity contribution in [3.05, 3.63) is 41.0 Å². The molecule has 1 aliphatic rings. The van der Waals surface area contributed by atoms with Gasteiger partial charge in [0.2, 0.25) is 5.91 Å². The van der Waals surface area contributed by atoms with Crippen molar-refractivity contribution in [2.24, 2.45) is 0 Å². The molecule has 0 radical (unpaired) electrons. The molecular formula is C23H35NO2. The van der Waals surface area contributed by atoms with Crippen molar-refractivity contribution in [1.82, 2.24) is 4.90 Å². The number of hydrogen-bond acceptors (Lipinski definition) is 2. The molecule has 26 heavy (non-hydrogen) atoms. The molecule has 1 fully saturated rings. The summed E-state index contributed by atoms with van der Waals surface area (Å²) in [4.78, 5) is 14.5. The molecule has 1 aromatic carbocycles. The maximum Gasteiger partial charge on any atom is 0.222 e. The molecule has 3 heteroatoms. The van der Waals surface area contributed by atoms with Crippen LogP contribution in [0.25, 0.3) is 0 Å². The molecule has 0 aromatic heterocycles. The van der Waals surface area contributed by atoms with E-state index in [0.717, 1.165) is 42.6 Å². The molecule has 1 aliphatic heterocycles. The molecule has 0 aliphatic carbocycles. The molecule has 3 nitrogen and oxygen atoms in total. The second kappa shape index (κ2) is 7.46. The number of piperidine rings is 1. The van der Waals surface area contributed by atoms with Crippen molar-refractivity contribution in [2.45, 2.75) is 78.1 Å². The van der Waals surface area contributed by atoms with Gasteiger partial charge in [-0.3, -0.25) is 4.79 Å². The first-order valence-electron chi connectivity index (χ1n) is 9.71.